The highest BCUT2D eigenvalue weighted by molar-refractivity contribution is 9.10. The molecule has 0 spiro atoms. The van der Waals surface area contributed by atoms with Crippen LogP contribution in [-0.2, 0) is 22.7 Å². The minimum absolute atomic E-state index is 0.0960. The van der Waals surface area contributed by atoms with Crippen molar-refractivity contribution in [3.05, 3.63) is 100 Å². The van der Waals surface area contributed by atoms with Crippen molar-refractivity contribution in [3.63, 3.8) is 0 Å². The van der Waals surface area contributed by atoms with Crippen LogP contribution in [0.5, 0.6) is 11.5 Å². The van der Waals surface area contributed by atoms with Gasteiger partial charge in [0.25, 0.3) is 0 Å². The average molecular weight is 524 g/mol. The minimum Gasteiger partial charge on any atom is -0.488 e. The topological polar surface area (TPSA) is 56.8 Å². The summed E-state index contributed by atoms with van der Waals surface area (Å²) >= 11 is 3.49. The Morgan fingerprint density at radius 1 is 0.882 bits per heavy atom. The van der Waals surface area contributed by atoms with Crippen LogP contribution in [0, 0.1) is 5.82 Å². The molecule has 0 aliphatic carbocycles. The summed E-state index contributed by atoms with van der Waals surface area (Å²) in [5.41, 5.74) is 2.05. The number of esters is 1. The Hall–Kier alpha value is -3.58. The molecule has 4 aromatic rings. The summed E-state index contributed by atoms with van der Waals surface area (Å²) in [6, 6.07) is 24.5. The molecule has 0 unspecified atom stereocenters. The summed E-state index contributed by atoms with van der Waals surface area (Å²) < 4.78 is 32.9. The lowest BCUT2D eigenvalue weighted by atomic mass is 10.1. The molecule has 0 amide bonds. The average Bonchev–Trinajstić information content (AvgIpc) is 2.87. The molecule has 1 N–H and O–H groups in total. The number of anilines is 1. The molecule has 34 heavy (non-hydrogen) atoms. The van der Waals surface area contributed by atoms with Gasteiger partial charge in [-0.3, -0.25) is 4.79 Å². The standard InChI is InChI=1S/C27H23BrFNO4/c1-32-25(31)15-30-27-24(34-17-19-10-6-3-7-11-19)13-20-12-23(22(28)14-21(20)26(27)29)33-16-18-8-4-2-5-9-18/h2-14,30H,15-17H2,1H3. The number of benzene rings is 4. The van der Waals surface area contributed by atoms with Gasteiger partial charge in [-0.25, -0.2) is 4.39 Å². The Morgan fingerprint density at radius 3 is 2.03 bits per heavy atom. The van der Waals surface area contributed by atoms with E-state index in [9.17, 15) is 4.79 Å². The van der Waals surface area contributed by atoms with Crippen LogP contribution in [0.4, 0.5) is 10.1 Å². The lowest BCUT2D eigenvalue weighted by Crippen LogP contribution is -2.16. The second-order valence-corrected chi connectivity index (χ2v) is 8.40. The molecule has 174 valence electrons. The van der Waals surface area contributed by atoms with Crippen LogP contribution in [0.25, 0.3) is 10.8 Å². The Labute approximate surface area is 205 Å². The van der Waals surface area contributed by atoms with E-state index in [-0.39, 0.29) is 24.6 Å². The quantitative estimate of drug-likeness (QED) is 0.254. The third-order valence-corrected chi connectivity index (χ3v) is 5.82. The van der Waals surface area contributed by atoms with Crippen LogP contribution >= 0.6 is 15.9 Å². The monoisotopic (exact) mass is 523 g/mol. The molecule has 0 bridgehead atoms. The van der Waals surface area contributed by atoms with E-state index in [1.165, 1.54) is 7.11 Å². The third-order valence-electron chi connectivity index (χ3n) is 5.20. The summed E-state index contributed by atoms with van der Waals surface area (Å²) in [5, 5.41) is 3.79. The van der Waals surface area contributed by atoms with Crippen molar-refractivity contribution in [1.82, 2.24) is 0 Å². The van der Waals surface area contributed by atoms with Crippen LogP contribution in [0.1, 0.15) is 11.1 Å². The first-order valence-corrected chi connectivity index (χ1v) is 11.4. The first kappa shape index (κ1) is 23.6. The highest BCUT2D eigenvalue weighted by Crippen LogP contribution is 2.39. The second-order valence-electron chi connectivity index (χ2n) is 7.55. The zero-order valence-electron chi connectivity index (χ0n) is 18.5. The molecule has 4 aromatic carbocycles. The third kappa shape index (κ3) is 5.66. The van der Waals surface area contributed by atoms with E-state index < -0.39 is 11.8 Å². The summed E-state index contributed by atoms with van der Waals surface area (Å²) in [6.45, 7) is 0.427. The number of carbonyl (C=O) groups excluding carboxylic acids is 1. The molecule has 0 radical (unpaired) electrons. The fourth-order valence-corrected chi connectivity index (χ4v) is 3.89. The number of ether oxygens (including phenoxy) is 3. The van der Waals surface area contributed by atoms with Gasteiger partial charge >= 0.3 is 5.97 Å². The van der Waals surface area contributed by atoms with Crippen LogP contribution < -0.4 is 14.8 Å². The molecular formula is C27H23BrFNO4. The Bertz CT molecular complexity index is 1280. The van der Waals surface area contributed by atoms with E-state index >= 15 is 4.39 Å². The van der Waals surface area contributed by atoms with E-state index in [1.54, 1.807) is 18.2 Å². The van der Waals surface area contributed by atoms with Crippen molar-refractivity contribution < 1.29 is 23.4 Å². The molecule has 0 fully saturated rings. The van der Waals surface area contributed by atoms with Crippen molar-refractivity contribution in [2.45, 2.75) is 13.2 Å². The van der Waals surface area contributed by atoms with Gasteiger partial charge in [0.2, 0.25) is 0 Å². The maximum absolute atomic E-state index is 15.6. The van der Waals surface area contributed by atoms with E-state index in [4.69, 9.17) is 9.47 Å². The number of rotatable bonds is 9. The van der Waals surface area contributed by atoms with Crippen LogP contribution in [0.15, 0.2) is 83.3 Å². The zero-order valence-corrected chi connectivity index (χ0v) is 20.1. The first-order chi connectivity index (χ1) is 16.5. The summed E-state index contributed by atoms with van der Waals surface area (Å²) in [4.78, 5) is 11.7. The Balaban J connectivity index is 1.68. The number of methoxy groups -OCH3 is 1. The van der Waals surface area contributed by atoms with Crippen molar-refractivity contribution in [2.24, 2.45) is 0 Å². The van der Waals surface area contributed by atoms with Crippen LogP contribution in [0.2, 0.25) is 0 Å². The highest BCUT2D eigenvalue weighted by Gasteiger charge is 2.18. The molecule has 0 aliphatic rings. The number of fused-ring (bicyclic) bond motifs is 1. The van der Waals surface area contributed by atoms with E-state index in [0.29, 0.717) is 27.6 Å². The molecule has 0 aromatic heterocycles. The molecule has 0 saturated heterocycles. The van der Waals surface area contributed by atoms with E-state index in [1.807, 2.05) is 60.7 Å². The van der Waals surface area contributed by atoms with Gasteiger partial charge in [-0.2, -0.15) is 0 Å². The number of halogens is 2. The molecule has 7 heteroatoms. The molecular weight excluding hydrogens is 501 g/mol. The molecule has 0 saturated carbocycles. The van der Waals surface area contributed by atoms with Gasteiger partial charge < -0.3 is 19.5 Å². The summed E-state index contributed by atoms with van der Waals surface area (Å²) in [7, 11) is 1.28. The van der Waals surface area contributed by atoms with Gasteiger partial charge in [-0.15, -0.1) is 0 Å². The molecule has 0 atom stereocenters. The second kappa shape index (κ2) is 11.0. The largest absolute Gasteiger partial charge is 0.488 e. The van der Waals surface area contributed by atoms with Gasteiger partial charge in [0.15, 0.2) is 5.82 Å². The van der Waals surface area contributed by atoms with E-state index in [2.05, 4.69) is 26.0 Å². The summed E-state index contributed by atoms with van der Waals surface area (Å²) in [5.74, 6) is -0.173. The SMILES string of the molecule is COC(=O)CNc1c(OCc2ccccc2)cc2cc(OCc3ccccc3)c(Br)cc2c1F. The Morgan fingerprint density at radius 2 is 1.44 bits per heavy atom. The van der Waals surface area contributed by atoms with Crippen molar-refractivity contribution in [3.8, 4) is 11.5 Å². The summed E-state index contributed by atoms with van der Waals surface area (Å²) in [6.07, 6.45) is 0. The van der Waals surface area contributed by atoms with Crippen molar-refractivity contribution in [2.75, 3.05) is 19.0 Å². The van der Waals surface area contributed by atoms with E-state index in [0.717, 1.165) is 11.1 Å². The fraction of sp³-hybridized carbons (Fsp3) is 0.148. The number of carbonyl (C=O) groups is 1. The van der Waals surface area contributed by atoms with Gasteiger partial charge in [-0.1, -0.05) is 60.7 Å². The van der Waals surface area contributed by atoms with Gasteiger partial charge in [0, 0.05) is 5.39 Å². The molecule has 0 heterocycles. The predicted octanol–water partition coefficient (Wildman–Crippen LogP) is 6.48. The molecule has 0 aliphatic heterocycles. The highest BCUT2D eigenvalue weighted by atomic mass is 79.9. The minimum atomic E-state index is -0.528. The lowest BCUT2D eigenvalue weighted by Gasteiger charge is -2.17. The predicted molar refractivity (Wildman–Crippen MR) is 134 cm³/mol. The Kier molecular flexibility index (Phi) is 7.65. The van der Waals surface area contributed by atoms with Crippen molar-refractivity contribution in [1.29, 1.82) is 0 Å². The van der Waals surface area contributed by atoms with Crippen molar-refractivity contribution >= 4 is 38.4 Å². The van der Waals surface area contributed by atoms with Gasteiger partial charge in [0.1, 0.15) is 36.9 Å². The van der Waals surface area contributed by atoms with Crippen LogP contribution in [0.3, 0.4) is 0 Å². The first-order valence-electron chi connectivity index (χ1n) is 10.6. The normalized spacial score (nSPS) is 10.7. The molecule has 5 nitrogen and oxygen atoms in total. The van der Waals surface area contributed by atoms with Gasteiger partial charge in [-0.05, 0) is 50.6 Å². The lowest BCUT2D eigenvalue weighted by molar-refractivity contribution is -0.138. The van der Waals surface area contributed by atoms with Gasteiger partial charge in [0.05, 0.1) is 11.6 Å². The van der Waals surface area contributed by atoms with Crippen LogP contribution in [-0.4, -0.2) is 19.6 Å². The smallest absolute Gasteiger partial charge is 0.325 e. The maximum atomic E-state index is 15.6. The maximum Gasteiger partial charge on any atom is 0.325 e. The molecule has 4 rings (SSSR count). The number of hydrogen-bond acceptors (Lipinski definition) is 5. The fourth-order valence-electron chi connectivity index (χ4n) is 3.43. The number of hydrogen-bond donors (Lipinski definition) is 1. The zero-order chi connectivity index (χ0) is 23.9. The number of nitrogens with one attached hydrogen (secondary N) is 1.